The van der Waals surface area contributed by atoms with Crippen molar-refractivity contribution in [1.29, 1.82) is 0 Å². The number of amides is 2. The van der Waals surface area contributed by atoms with Crippen molar-refractivity contribution in [3.05, 3.63) is 47.3 Å². The fraction of sp³-hybridized carbons (Fsp3) is 0. The maximum Gasteiger partial charge on any atom is 0.354 e. The van der Waals surface area contributed by atoms with Gasteiger partial charge in [-0.25, -0.2) is 14.2 Å². The van der Waals surface area contributed by atoms with Crippen LogP contribution < -0.4 is 11.1 Å². The van der Waals surface area contributed by atoms with Gasteiger partial charge in [0.15, 0.2) is 11.4 Å². The number of aromatic amines is 1. The lowest BCUT2D eigenvalue weighted by Gasteiger charge is -2.06. The lowest BCUT2D eigenvalue weighted by Crippen LogP contribution is -2.18. The molecular formula is C12H9FN4O4. The van der Waals surface area contributed by atoms with Crippen molar-refractivity contribution in [2.75, 3.05) is 5.32 Å². The van der Waals surface area contributed by atoms with Crippen molar-refractivity contribution < 1.29 is 23.9 Å². The Kier molecular flexibility index (Phi) is 3.65. The van der Waals surface area contributed by atoms with Crippen LogP contribution in [-0.2, 0) is 0 Å². The maximum atomic E-state index is 13.3. The third kappa shape index (κ3) is 2.86. The minimum absolute atomic E-state index is 0.0783. The average molecular weight is 292 g/mol. The van der Waals surface area contributed by atoms with Crippen LogP contribution in [0.3, 0.4) is 0 Å². The smallest absolute Gasteiger partial charge is 0.354 e. The van der Waals surface area contributed by atoms with Gasteiger partial charge in [0.2, 0.25) is 0 Å². The number of halogens is 1. The number of carbonyl (C=O) groups excluding carboxylic acids is 2. The number of carboxylic acids is 1. The number of rotatable bonds is 4. The first-order valence-corrected chi connectivity index (χ1v) is 5.57. The number of imidazole rings is 1. The Labute approximate surface area is 116 Å². The van der Waals surface area contributed by atoms with Crippen LogP contribution in [0.1, 0.15) is 31.3 Å². The summed E-state index contributed by atoms with van der Waals surface area (Å²) in [5, 5.41) is 11.2. The van der Waals surface area contributed by atoms with Crippen LogP contribution in [0, 0.1) is 5.82 Å². The molecule has 0 saturated carbocycles. The second-order valence-corrected chi connectivity index (χ2v) is 3.94. The Bertz CT molecular complexity index is 741. The first-order valence-electron chi connectivity index (χ1n) is 5.57. The molecule has 0 atom stereocenters. The third-order valence-corrected chi connectivity index (χ3v) is 2.56. The average Bonchev–Trinajstić information content (AvgIpc) is 2.90. The van der Waals surface area contributed by atoms with E-state index in [0.717, 1.165) is 18.5 Å². The summed E-state index contributed by atoms with van der Waals surface area (Å²) in [6, 6.07) is 3.20. The molecule has 0 radical (unpaired) electrons. The van der Waals surface area contributed by atoms with E-state index in [4.69, 9.17) is 10.8 Å². The molecule has 0 spiro atoms. The first-order chi connectivity index (χ1) is 9.90. The van der Waals surface area contributed by atoms with Crippen LogP contribution >= 0.6 is 0 Å². The van der Waals surface area contributed by atoms with Crippen molar-refractivity contribution in [3.63, 3.8) is 0 Å². The molecule has 0 unspecified atom stereocenters. The molecule has 108 valence electrons. The predicted molar refractivity (Wildman–Crippen MR) is 68.4 cm³/mol. The predicted octanol–water partition coefficient (Wildman–Crippen LogP) is 0.598. The summed E-state index contributed by atoms with van der Waals surface area (Å²) in [6.45, 7) is 0. The number of benzene rings is 1. The maximum absolute atomic E-state index is 13.3. The Morgan fingerprint density at radius 2 is 2.05 bits per heavy atom. The summed E-state index contributed by atoms with van der Waals surface area (Å²) in [4.78, 5) is 39.7. The number of aromatic nitrogens is 2. The fourth-order valence-corrected chi connectivity index (χ4v) is 1.61. The van der Waals surface area contributed by atoms with E-state index in [1.165, 1.54) is 6.07 Å². The number of carboxylic acid groups (broad SMARTS) is 1. The molecule has 8 nitrogen and oxygen atoms in total. The number of H-pyrrole nitrogens is 1. The lowest BCUT2D eigenvalue weighted by atomic mass is 10.1. The molecule has 0 saturated heterocycles. The van der Waals surface area contributed by atoms with E-state index in [1.807, 2.05) is 0 Å². The summed E-state index contributed by atoms with van der Waals surface area (Å²) in [6.07, 6.45) is 1.05. The van der Waals surface area contributed by atoms with E-state index in [-0.39, 0.29) is 17.1 Å². The van der Waals surface area contributed by atoms with Crippen LogP contribution in [0.2, 0.25) is 0 Å². The van der Waals surface area contributed by atoms with Gasteiger partial charge in [0, 0.05) is 5.69 Å². The van der Waals surface area contributed by atoms with Gasteiger partial charge in [-0.2, -0.15) is 0 Å². The van der Waals surface area contributed by atoms with Gasteiger partial charge in [0.25, 0.3) is 11.8 Å². The van der Waals surface area contributed by atoms with Gasteiger partial charge in [0.1, 0.15) is 5.82 Å². The summed E-state index contributed by atoms with van der Waals surface area (Å²) in [5.41, 5.74) is 3.94. The molecule has 2 aromatic rings. The van der Waals surface area contributed by atoms with Crippen LogP contribution in [0.25, 0.3) is 0 Å². The molecule has 1 heterocycles. The highest BCUT2D eigenvalue weighted by Gasteiger charge is 2.20. The highest BCUT2D eigenvalue weighted by atomic mass is 19.1. The Morgan fingerprint density at radius 3 is 2.67 bits per heavy atom. The molecule has 2 amide bonds. The molecule has 0 aliphatic heterocycles. The van der Waals surface area contributed by atoms with Crippen LogP contribution in [0.4, 0.5) is 10.1 Å². The largest absolute Gasteiger partial charge is 0.477 e. The molecule has 0 aliphatic carbocycles. The summed E-state index contributed by atoms with van der Waals surface area (Å²) < 4.78 is 13.3. The topological polar surface area (TPSA) is 138 Å². The number of nitrogens with zero attached hydrogens (tertiary/aromatic N) is 1. The molecule has 9 heteroatoms. The van der Waals surface area contributed by atoms with Gasteiger partial charge in [-0.3, -0.25) is 9.59 Å². The number of nitrogens with two attached hydrogens (primary N) is 1. The molecular weight excluding hydrogens is 283 g/mol. The molecule has 0 aliphatic rings. The quantitative estimate of drug-likeness (QED) is 0.653. The first kappa shape index (κ1) is 14.2. The number of nitrogens with one attached hydrogen (secondary N) is 2. The second kappa shape index (κ2) is 5.41. The van der Waals surface area contributed by atoms with E-state index in [1.54, 1.807) is 0 Å². The van der Waals surface area contributed by atoms with Gasteiger partial charge in [-0.15, -0.1) is 0 Å². The van der Waals surface area contributed by atoms with E-state index in [0.29, 0.717) is 0 Å². The van der Waals surface area contributed by atoms with E-state index < -0.39 is 29.2 Å². The van der Waals surface area contributed by atoms with Crippen molar-refractivity contribution in [2.45, 2.75) is 0 Å². The molecule has 21 heavy (non-hydrogen) atoms. The van der Waals surface area contributed by atoms with Gasteiger partial charge >= 0.3 is 5.97 Å². The monoisotopic (exact) mass is 292 g/mol. The number of aromatic carboxylic acids is 1. The lowest BCUT2D eigenvalue weighted by molar-refractivity contribution is 0.0686. The van der Waals surface area contributed by atoms with E-state index >= 15 is 0 Å². The summed E-state index contributed by atoms with van der Waals surface area (Å²) >= 11 is 0. The normalized spacial score (nSPS) is 10.1. The molecule has 1 aromatic heterocycles. The highest BCUT2D eigenvalue weighted by molar-refractivity contribution is 6.09. The van der Waals surface area contributed by atoms with Gasteiger partial charge in [-0.1, -0.05) is 0 Å². The van der Waals surface area contributed by atoms with Crippen LogP contribution in [0.5, 0.6) is 0 Å². The number of anilines is 1. The van der Waals surface area contributed by atoms with E-state index in [9.17, 15) is 18.8 Å². The Morgan fingerprint density at radius 1 is 1.33 bits per heavy atom. The molecule has 5 N–H and O–H groups in total. The van der Waals surface area contributed by atoms with Gasteiger partial charge < -0.3 is 21.1 Å². The van der Waals surface area contributed by atoms with Gasteiger partial charge in [-0.05, 0) is 18.2 Å². The number of carbonyl (C=O) groups is 3. The van der Waals surface area contributed by atoms with Crippen LogP contribution in [0.15, 0.2) is 24.5 Å². The Hall–Kier alpha value is -3.23. The minimum Gasteiger partial charge on any atom is -0.477 e. The molecule has 0 fully saturated rings. The van der Waals surface area contributed by atoms with Gasteiger partial charge in [0.05, 0.1) is 11.9 Å². The van der Waals surface area contributed by atoms with Crippen molar-refractivity contribution >= 4 is 23.5 Å². The molecule has 0 bridgehead atoms. The number of hydrogen-bond acceptors (Lipinski definition) is 4. The summed E-state index contributed by atoms with van der Waals surface area (Å²) in [5.74, 6) is -3.99. The minimum atomic E-state index is -1.35. The zero-order valence-corrected chi connectivity index (χ0v) is 10.4. The molecule has 2 rings (SSSR count). The SMILES string of the molecule is NC(=O)c1cc(NC(=O)c2nc[nH]c2C(=O)O)ccc1F. The summed E-state index contributed by atoms with van der Waals surface area (Å²) in [7, 11) is 0. The standard InChI is InChI=1S/C12H9FN4O4/c13-7-2-1-5(3-6(7)10(14)18)17-11(19)8-9(12(20)21)16-4-15-8/h1-4H,(H2,14,18)(H,15,16)(H,17,19)(H,20,21). The van der Waals surface area contributed by atoms with Crippen molar-refractivity contribution in [2.24, 2.45) is 5.73 Å². The number of primary amides is 1. The van der Waals surface area contributed by atoms with E-state index in [2.05, 4.69) is 15.3 Å². The van der Waals surface area contributed by atoms with Crippen molar-refractivity contribution in [3.8, 4) is 0 Å². The zero-order valence-electron chi connectivity index (χ0n) is 10.4. The zero-order chi connectivity index (χ0) is 15.6. The third-order valence-electron chi connectivity index (χ3n) is 2.56. The number of hydrogen-bond donors (Lipinski definition) is 4. The Balaban J connectivity index is 2.28. The van der Waals surface area contributed by atoms with Crippen LogP contribution in [-0.4, -0.2) is 32.9 Å². The van der Waals surface area contributed by atoms with Crippen molar-refractivity contribution in [1.82, 2.24) is 9.97 Å². The highest BCUT2D eigenvalue weighted by Crippen LogP contribution is 2.15. The fourth-order valence-electron chi connectivity index (χ4n) is 1.61. The molecule has 1 aromatic carbocycles. The second-order valence-electron chi connectivity index (χ2n) is 3.94.